The summed E-state index contributed by atoms with van der Waals surface area (Å²) in [4.78, 5) is 2.38. The van der Waals surface area contributed by atoms with Crippen LogP contribution in [0, 0.1) is 0 Å². The van der Waals surface area contributed by atoms with Gasteiger partial charge in [-0.1, -0.05) is 39.0 Å². The molecule has 0 aliphatic carbocycles. The monoisotopic (exact) mass is 229 g/mol. The van der Waals surface area contributed by atoms with Crippen LogP contribution in [0.15, 0.2) is 18.2 Å². The molecule has 92 valence electrons. The highest BCUT2D eigenvalue weighted by molar-refractivity contribution is 5.73. The Labute approximate surface area is 105 Å². The normalized spacial score (nSPS) is 17.8. The SMILES string of the molecule is C/C=C\c1c(CC)ccc2c1C(C)(C)CN2C. The van der Waals surface area contributed by atoms with E-state index in [9.17, 15) is 0 Å². The van der Waals surface area contributed by atoms with E-state index >= 15 is 0 Å². The lowest BCUT2D eigenvalue weighted by atomic mass is 9.81. The van der Waals surface area contributed by atoms with Crippen LogP contribution >= 0.6 is 0 Å². The van der Waals surface area contributed by atoms with Crippen LogP contribution in [0.25, 0.3) is 6.08 Å². The van der Waals surface area contributed by atoms with E-state index in [1.807, 2.05) is 0 Å². The maximum Gasteiger partial charge on any atom is 0.0408 e. The number of rotatable bonds is 2. The number of fused-ring (bicyclic) bond motifs is 1. The van der Waals surface area contributed by atoms with Crippen LogP contribution < -0.4 is 4.90 Å². The summed E-state index contributed by atoms with van der Waals surface area (Å²) < 4.78 is 0. The number of allylic oxidation sites excluding steroid dienone is 1. The van der Waals surface area contributed by atoms with E-state index in [1.54, 1.807) is 0 Å². The van der Waals surface area contributed by atoms with Crippen LogP contribution in [-0.2, 0) is 11.8 Å². The lowest BCUT2D eigenvalue weighted by Gasteiger charge is -2.21. The summed E-state index contributed by atoms with van der Waals surface area (Å²) in [6, 6.07) is 4.57. The molecule has 1 aromatic carbocycles. The molecule has 0 saturated carbocycles. The number of hydrogen-bond donors (Lipinski definition) is 0. The van der Waals surface area contributed by atoms with Crippen molar-refractivity contribution in [2.75, 3.05) is 18.5 Å². The van der Waals surface area contributed by atoms with Crippen LogP contribution in [0.5, 0.6) is 0 Å². The second kappa shape index (κ2) is 4.21. The van der Waals surface area contributed by atoms with Crippen molar-refractivity contribution in [3.8, 4) is 0 Å². The average Bonchev–Trinajstić information content (AvgIpc) is 2.50. The van der Waals surface area contributed by atoms with Gasteiger partial charge in [-0.15, -0.1) is 0 Å². The second-order valence-electron chi connectivity index (χ2n) is 5.63. The largest absolute Gasteiger partial charge is 0.373 e. The predicted octanol–water partition coefficient (Wildman–Crippen LogP) is 4.01. The summed E-state index contributed by atoms with van der Waals surface area (Å²) >= 11 is 0. The molecule has 0 unspecified atom stereocenters. The fourth-order valence-electron chi connectivity index (χ4n) is 3.10. The molecule has 1 aliphatic rings. The number of anilines is 1. The van der Waals surface area contributed by atoms with Gasteiger partial charge in [0.25, 0.3) is 0 Å². The average molecular weight is 229 g/mol. The molecule has 1 heteroatoms. The third kappa shape index (κ3) is 1.88. The molecule has 2 rings (SSSR count). The van der Waals surface area contributed by atoms with E-state index in [0.29, 0.717) is 0 Å². The summed E-state index contributed by atoms with van der Waals surface area (Å²) in [6.07, 6.45) is 5.54. The van der Waals surface area contributed by atoms with Gasteiger partial charge >= 0.3 is 0 Å². The molecular weight excluding hydrogens is 206 g/mol. The Morgan fingerprint density at radius 2 is 2.06 bits per heavy atom. The number of aryl methyl sites for hydroxylation is 1. The van der Waals surface area contributed by atoms with Gasteiger partial charge in [0.1, 0.15) is 0 Å². The van der Waals surface area contributed by atoms with Gasteiger partial charge < -0.3 is 4.90 Å². The van der Waals surface area contributed by atoms with Crippen molar-refractivity contribution >= 4 is 11.8 Å². The Hall–Kier alpha value is -1.24. The predicted molar refractivity (Wildman–Crippen MR) is 76.8 cm³/mol. The third-order valence-electron chi connectivity index (χ3n) is 3.75. The molecule has 0 saturated heterocycles. The highest BCUT2D eigenvalue weighted by atomic mass is 15.1. The molecule has 1 aliphatic heterocycles. The van der Waals surface area contributed by atoms with Gasteiger partial charge in [0.05, 0.1) is 0 Å². The van der Waals surface area contributed by atoms with Crippen LogP contribution in [0.1, 0.15) is 44.4 Å². The summed E-state index contributed by atoms with van der Waals surface area (Å²) in [7, 11) is 2.19. The summed E-state index contributed by atoms with van der Waals surface area (Å²) in [6.45, 7) is 10.1. The zero-order valence-electron chi connectivity index (χ0n) is 11.7. The quantitative estimate of drug-likeness (QED) is 0.740. The van der Waals surface area contributed by atoms with Gasteiger partial charge in [0.15, 0.2) is 0 Å². The van der Waals surface area contributed by atoms with E-state index in [1.165, 1.54) is 22.4 Å². The Bertz CT molecular complexity index is 455. The molecule has 0 atom stereocenters. The Balaban J connectivity index is 2.71. The van der Waals surface area contributed by atoms with E-state index in [4.69, 9.17) is 0 Å². The minimum absolute atomic E-state index is 0.254. The minimum Gasteiger partial charge on any atom is -0.373 e. The molecule has 0 radical (unpaired) electrons. The van der Waals surface area contributed by atoms with Crippen molar-refractivity contribution in [1.82, 2.24) is 0 Å². The summed E-state index contributed by atoms with van der Waals surface area (Å²) in [5.74, 6) is 0. The van der Waals surface area contributed by atoms with Crippen molar-refractivity contribution in [2.45, 2.75) is 39.5 Å². The summed E-state index contributed by atoms with van der Waals surface area (Å²) in [5.41, 5.74) is 6.09. The molecule has 0 amide bonds. The molecule has 0 aromatic heterocycles. The minimum atomic E-state index is 0.254. The zero-order chi connectivity index (χ0) is 12.6. The Morgan fingerprint density at radius 3 is 2.65 bits per heavy atom. The number of likely N-dealkylation sites (N-methyl/N-ethyl adjacent to an activating group) is 1. The molecular formula is C16H23N. The second-order valence-corrected chi connectivity index (χ2v) is 5.63. The highest BCUT2D eigenvalue weighted by Crippen LogP contribution is 2.43. The lowest BCUT2D eigenvalue weighted by Crippen LogP contribution is -2.25. The fourth-order valence-corrected chi connectivity index (χ4v) is 3.10. The van der Waals surface area contributed by atoms with Gasteiger partial charge in [-0.05, 0) is 36.1 Å². The molecule has 1 nitrogen and oxygen atoms in total. The maximum atomic E-state index is 2.38. The topological polar surface area (TPSA) is 3.24 Å². The first kappa shape index (κ1) is 12.2. The first-order valence-corrected chi connectivity index (χ1v) is 6.51. The van der Waals surface area contributed by atoms with Gasteiger partial charge in [0.2, 0.25) is 0 Å². The maximum absolute atomic E-state index is 2.38. The van der Waals surface area contributed by atoms with Gasteiger partial charge in [0, 0.05) is 24.7 Å². The first-order chi connectivity index (χ1) is 8.01. The standard InChI is InChI=1S/C16H23N/c1-6-8-13-12(7-2)9-10-14-15(13)16(3,4)11-17(14)5/h6,8-10H,7,11H2,1-5H3/b8-6-. The van der Waals surface area contributed by atoms with Gasteiger partial charge in [-0.25, -0.2) is 0 Å². The van der Waals surface area contributed by atoms with E-state index in [0.717, 1.165) is 13.0 Å². The molecule has 1 heterocycles. The van der Waals surface area contributed by atoms with Crippen LogP contribution in [0.4, 0.5) is 5.69 Å². The molecule has 0 N–H and O–H groups in total. The van der Waals surface area contributed by atoms with Crippen LogP contribution in [0.3, 0.4) is 0 Å². The number of nitrogens with zero attached hydrogens (tertiary/aromatic N) is 1. The highest BCUT2D eigenvalue weighted by Gasteiger charge is 2.35. The van der Waals surface area contributed by atoms with Crippen molar-refractivity contribution < 1.29 is 0 Å². The van der Waals surface area contributed by atoms with Gasteiger partial charge in [-0.2, -0.15) is 0 Å². The summed E-state index contributed by atoms with van der Waals surface area (Å²) in [5, 5.41) is 0. The van der Waals surface area contributed by atoms with E-state index in [2.05, 4.69) is 63.9 Å². The van der Waals surface area contributed by atoms with Crippen molar-refractivity contribution in [1.29, 1.82) is 0 Å². The van der Waals surface area contributed by atoms with Gasteiger partial charge in [-0.3, -0.25) is 0 Å². The van der Waals surface area contributed by atoms with Crippen LogP contribution in [-0.4, -0.2) is 13.6 Å². The van der Waals surface area contributed by atoms with Crippen molar-refractivity contribution in [2.24, 2.45) is 0 Å². The molecule has 0 spiro atoms. The molecule has 0 bridgehead atoms. The van der Waals surface area contributed by atoms with Crippen LogP contribution in [0.2, 0.25) is 0 Å². The zero-order valence-corrected chi connectivity index (χ0v) is 11.7. The molecule has 0 fully saturated rings. The molecule has 17 heavy (non-hydrogen) atoms. The fraction of sp³-hybridized carbons (Fsp3) is 0.500. The Kier molecular flexibility index (Phi) is 3.03. The van der Waals surface area contributed by atoms with E-state index in [-0.39, 0.29) is 5.41 Å². The lowest BCUT2D eigenvalue weighted by molar-refractivity contribution is 0.562. The number of hydrogen-bond acceptors (Lipinski definition) is 1. The molecule has 1 aromatic rings. The van der Waals surface area contributed by atoms with Crippen molar-refractivity contribution in [3.05, 3.63) is 34.9 Å². The first-order valence-electron chi connectivity index (χ1n) is 6.51. The third-order valence-corrected chi connectivity index (χ3v) is 3.75. The van der Waals surface area contributed by atoms with Crippen molar-refractivity contribution in [3.63, 3.8) is 0 Å². The van der Waals surface area contributed by atoms with E-state index < -0.39 is 0 Å². The number of benzene rings is 1. The Morgan fingerprint density at radius 1 is 1.35 bits per heavy atom. The smallest absolute Gasteiger partial charge is 0.0408 e.